The van der Waals surface area contributed by atoms with Crippen LogP contribution in [0.2, 0.25) is 0 Å². The van der Waals surface area contributed by atoms with Gasteiger partial charge in [-0.3, -0.25) is 0 Å². The van der Waals surface area contributed by atoms with Crippen LogP contribution in [0, 0.1) is 5.82 Å². The molecular formula is C30H36FN7. The lowest BCUT2D eigenvalue weighted by atomic mass is 10.0. The molecule has 0 unspecified atom stereocenters. The largest absolute Gasteiger partial charge is 0.367 e. The summed E-state index contributed by atoms with van der Waals surface area (Å²) in [5, 5.41) is 12.4. The first-order valence-electron chi connectivity index (χ1n) is 13.9. The maximum atomic E-state index is 13.9. The molecular weight excluding hydrogens is 477 g/mol. The van der Waals surface area contributed by atoms with Gasteiger partial charge in [0.25, 0.3) is 0 Å². The fourth-order valence-electron chi connectivity index (χ4n) is 5.87. The van der Waals surface area contributed by atoms with Crippen LogP contribution in [0.3, 0.4) is 0 Å². The maximum Gasteiger partial charge on any atom is 0.223 e. The van der Waals surface area contributed by atoms with Gasteiger partial charge >= 0.3 is 0 Å². The Balaban J connectivity index is 1.51. The van der Waals surface area contributed by atoms with Crippen LogP contribution in [0.4, 0.5) is 16.2 Å². The number of nitrogens with one attached hydrogen (secondary N) is 2. The second-order valence-corrected chi connectivity index (χ2v) is 11.0. The number of anilines is 2. The van der Waals surface area contributed by atoms with Crippen molar-refractivity contribution in [2.45, 2.75) is 70.0 Å². The number of hydrogen-bond donors (Lipinski definition) is 2. The molecule has 38 heavy (non-hydrogen) atoms. The summed E-state index contributed by atoms with van der Waals surface area (Å²) in [7, 11) is 4.10. The highest BCUT2D eigenvalue weighted by atomic mass is 19.1. The first-order valence-corrected chi connectivity index (χ1v) is 13.9. The SMILES string of the molecule is CN(C)Cc1cc(-c2c(-c3ccc(F)cc3)nn3c(NC4CCCC4)cccc23)nc(NC2CCCC2)n1. The molecule has 0 saturated heterocycles. The third-order valence-electron chi connectivity index (χ3n) is 7.68. The third-order valence-corrected chi connectivity index (χ3v) is 7.68. The average molecular weight is 514 g/mol. The van der Waals surface area contributed by atoms with Gasteiger partial charge in [-0.25, -0.2) is 18.9 Å². The van der Waals surface area contributed by atoms with Crippen molar-refractivity contribution in [3.63, 3.8) is 0 Å². The molecule has 3 heterocycles. The minimum absolute atomic E-state index is 0.263. The lowest BCUT2D eigenvalue weighted by molar-refractivity contribution is 0.397. The van der Waals surface area contributed by atoms with Gasteiger partial charge in [0.15, 0.2) is 0 Å². The Labute approximate surface area is 223 Å². The number of nitrogens with zero attached hydrogens (tertiary/aromatic N) is 5. The summed E-state index contributed by atoms with van der Waals surface area (Å²) in [6, 6.07) is 15.8. The van der Waals surface area contributed by atoms with Gasteiger partial charge < -0.3 is 15.5 Å². The molecule has 2 aliphatic rings. The Morgan fingerprint density at radius 1 is 0.895 bits per heavy atom. The summed E-state index contributed by atoms with van der Waals surface area (Å²) in [6.07, 6.45) is 9.62. The van der Waals surface area contributed by atoms with Crippen LogP contribution in [-0.4, -0.2) is 50.7 Å². The van der Waals surface area contributed by atoms with Crippen LogP contribution >= 0.6 is 0 Å². The van der Waals surface area contributed by atoms with Crippen molar-refractivity contribution in [2.75, 3.05) is 24.7 Å². The van der Waals surface area contributed by atoms with E-state index >= 15 is 0 Å². The number of halogens is 1. The van der Waals surface area contributed by atoms with Gasteiger partial charge in [0.1, 0.15) is 17.3 Å². The van der Waals surface area contributed by atoms with Crippen LogP contribution in [0.15, 0.2) is 48.5 Å². The van der Waals surface area contributed by atoms with Crippen molar-refractivity contribution in [3.8, 4) is 22.5 Å². The zero-order valence-corrected chi connectivity index (χ0v) is 22.3. The number of fused-ring (bicyclic) bond motifs is 1. The zero-order valence-electron chi connectivity index (χ0n) is 22.3. The summed E-state index contributed by atoms with van der Waals surface area (Å²) < 4.78 is 15.9. The van der Waals surface area contributed by atoms with E-state index in [1.807, 2.05) is 18.6 Å². The quantitative estimate of drug-likeness (QED) is 0.285. The molecule has 1 aromatic carbocycles. The zero-order chi connectivity index (χ0) is 26.1. The Morgan fingerprint density at radius 2 is 1.58 bits per heavy atom. The molecule has 4 aromatic rings. The lowest BCUT2D eigenvalue weighted by Gasteiger charge is -2.16. The second kappa shape index (κ2) is 10.7. The number of rotatable bonds is 8. The lowest BCUT2D eigenvalue weighted by Crippen LogP contribution is -2.19. The molecule has 0 aliphatic heterocycles. The Morgan fingerprint density at radius 3 is 2.26 bits per heavy atom. The van der Waals surface area contributed by atoms with Gasteiger partial charge in [-0.2, -0.15) is 5.10 Å². The summed E-state index contributed by atoms with van der Waals surface area (Å²) >= 11 is 0. The highest BCUT2D eigenvalue weighted by Crippen LogP contribution is 2.37. The standard InChI is InChI=1S/C30H36FN7/c1-37(2)19-24-18-25(35-30(34-24)33-23-10-5-6-11-23)28-26-12-7-13-27(32-22-8-3-4-9-22)38(26)36-29(28)20-14-16-21(31)17-15-20/h7,12-18,22-23,32H,3-6,8-11,19H2,1-2H3,(H,33,34,35). The topological polar surface area (TPSA) is 70.4 Å². The van der Waals surface area contributed by atoms with Crippen LogP contribution in [-0.2, 0) is 6.54 Å². The van der Waals surface area contributed by atoms with Crippen molar-refractivity contribution < 1.29 is 4.39 Å². The molecule has 7 nitrogen and oxygen atoms in total. The molecule has 3 aromatic heterocycles. The maximum absolute atomic E-state index is 13.9. The van der Waals surface area contributed by atoms with E-state index in [1.54, 1.807) is 12.1 Å². The summed E-state index contributed by atoms with van der Waals surface area (Å²) in [4.78, 5) is 12.0. The van der Waals surface area contributed by atoms with E-state index in [1.165, 1.54) is 50.7 Å². The normalized spacial score (nSPS) is 16.6. The van der Waals surface area contributed by atoms with Crippen molar-refractivity contribution in [1.29, 1.82) is 0 Å². The molecule has 8 heteroatoms. The van der Waals surface area contributed by atoms with E-state index in [4.69, 9.17) is 15.1 Å². The smallest absolute Gasteiger partial charge is 0.223 e. The molecule has 0 bridgehead atoms. The van der Waals surface area contributed by atoms with Crippen molar-refractivity contribution in [1.82, 2.24) is 24.5 Å². The number of aromatic nitrogens is 4. The molecule has 0 atom stereocenters. The summed E-state index contributed by atoms with van der Waals surface area (Å²) in [5.74, 6) is 1.37. The number of benzene rings is 1. The molecule has 0 radical (unpaired) electrons. The average Bonchev–Trinajstić information content (AvgIpc) is 3.66. The Hall–Kier alpha value is -3.52. The van der Waals surface area contributed by atoms with E-state index < -0.39 is 0 Å². The van der Waals surface area contributed by atoms with E-state index in [9.17, 15) is 4.39 Å². The first-order chi connectivity index (χ1) is 18.5. The number of pyridine rings is 1. The van der Waals surface area contributed by atoms with Crippen molar-refractivity contribution >= 4 is 17.3 Å². The van der Waals surface area contributed by atoms with Crippen LogP contribution in [0.5, 0.6) is 0 Å². The van der Waals surface area contributed by atoms with Gasteiger partial charge in [0.2, 0.25) is 5.95 Å². The van der Waals surface area contributed by atoms with Gasteiger partial charge in [-0.05, 0) is 82.2 Å². The van der Waals surface area contributed by atoms with Gasteiger partial charge in [-0.1, -0.05) is 31.7 Å². The predicted molar refractivity (Wildman–Crippen MR) is 151 cm³/mol. The Kier molecular flexibility index (Phi) is 6.98. The Bertz CT molecular complexity index is 1400. The molecule has 2 N–H and O–H groups in total. The summed E-state index contributed by atoms with van der Waals surface area (Å²) in [6.45, 7) is 0.703. The molecule has 2 fully saturated rings. The second-order valence-electron chi connectivity index (χ2n) is 11.0. The van der Waals surface area contributed by atoms with Crippen LogP contribution < -0.4 is 10.6 Å². The molecule has 6 rings (SSSR count). The molecule has 2 saturated carbocycles. The highest BCUT2D eigenvalue weighted by molar-refractivity contribution is 5.91. The monoisotopic (exact) mass is 513 g/mol. The molecule has 2 aliphatic carbocycles. The van der Waals surface area contributed by atoms with Gasteiger partial charge in [0.05, 0.1) is 22.5 Å². The van der Waals surface area contributed by atoms with E-state index in [0.717, 1.165) is 52.4 Å². The minimum Gasteiger partial charge on any atom is -0.367 e. The fraction of sp³-hybridized carbons (Fsp3) is 0.433. The minimum atomic E-state index is -0.263. The van der Waals surface area contributed by atoms with Crippen molar-refractivity contribution in [2.24, 2.45) is 0 Å². The highest BCUT2D eigenvalue weighted by Gasteiger charge is 2.23. The van der Waals surface area contributed by atoms with Gasteiger partial charge in [0, 0.05) is 24.2 Å². The predicted octanol–water partition coefficient (Wildman–Crippen LogP) is 6.37. The molecule has 0 amide bonds. The van der Waals surface area contributed by atoms with E-state index in [2.05, 4.69) is 39.8 Å². The first kappa shape index (κ1) is 24.8. The summed E-state index contributed by atoms with van der Waals surface area (Å²) in [5.41, 5.74) is 5.31. The van der Waals surface area contributed by atoms with Crippen LogP contribution in [0.1, 0.15) is 57.1 Å². The van der Waals surface area contributed by atoms with E-state index in [0.29, 0.717) is 24.6 Å². The number of hydrogen-bond acceptors (Lipinski definition) is 6. The third kappa shape index (κ3) is 5.23. The van der Waals surface area contributed by atoms with Crippen molar-refractivity contribution in [3.05, 3.63) is 60.0 Å². The molecule has 0 spiro atoms. The van der Waals surface area contributed by atoms with E-state index in [-0.39, 0.29) is 5.82 Å². The molecule has 198 valence electrons. The van der Waals surface area contributed by atoms with Crippen LogP contribution in [0.25, 0.3) is 28.0 Å². The van der Waals surface area contributed by atoms with Gasteiger partial charge in [-0.15, -0.1) is 0 Å². The fourth-order valence-corrected chi connectivity index (χ4v) is 5.87.